The number of fused-ring (bicyclic) bond motifs is 2. The average Bonchev–Trinajstić information content (AvgIpc) is 3.19. The molecular weight excluding hydrogens is 590 g/mol. The van der Waals surface area contributed by atoms with Crippen molar-refractivity contribution in [2.75, 3.05) is 11.4 Å². The van der Waals surface area contributed by atoms with Gasteiger partial charge in [0.05, 0.1) is 5.69 Å². The summed E-state index contributed by atoms with van der Waals surface area (Å²) < 4.78 is 30.5. The third kappa shape index (κ3) is 8.99. The Labute approximate surface area is 270 Å². The van der Waals surface area contributed by atoms with Crippen molar-refractivity contribution < 1.29 is 37.8 Å². The van der Waals surface area contributed by atoms with E-state index in [2.05, 4.69) is 45.7 Å². The zero-order valence-corrected chi connectivity index (χ0v) is 30.2. The Bertz CT molecular complexity index is 1390. The summed E-state index contributed by atoms with van der Waals surface area (Å²) in [6.45, 7) is 25.2. The van der Waals surface area contributed by atoms with E-state index in [0.717, 1.165) is 0 Å². The van der Waals surface area contributed by atoms with Crippen molar-refractivity contribution in [2.24, 2.45) is 5.92 Å². The fourth-order valence-electron chi connectivity index (χ4n) is 4.61. The molecular formula is C35H51NO8Si. The average molecular weight is 642 g/mol. The number of cyclic esters (lactones) is 1. The Morgan fingerprint density at radius 3 is 2.31 bits per heavy atom. The maximum Gasteiger partial charge on any atom is 0.414 e. The lowest BCUT2D eigenvalue weighted by Crippen LogP contribution is -2.44. The van der Waals surface area contributed by atoms with Crippen LogP contribution in [0, 0.1) is 17.8 Å². The molecule has 2 aliphatic rings. The SMILES string of the molecule is CCN(C(=O)OC(C)(C)C)c1cc2c(c(O[Si](C)(C)C(C)(C)C)c1)C(=O)O[C@@H](C)[C@H](C)/C=C\C(=O)[C@H]1OC(C)(C)O[C@H]1CC#C2. The van der Waals surface area contributed by atoms with Gasteiger partial charge in [-0.2, -0.15) is 0 Å². The molecule has 45 heavy (non-hydrogen) atoms. The molecule has 4 atom stereocenters. The van der Waals surface area contributed by atoms with E-state index >= 15 is 0 Å². The molecule has 1 saturated heterocycles. The van der Waals surface area contributed by atoms with Gasteiger partial charge in [0.2, 0.25) is 0 Å². The minimum Gasteiger partial charge on any atom is -0.543 e. The van der Waals surface area contributed by atoms with Gasteiger partial charge in [-0.05, 0) is 78.7 Å². The van der Waals surface area contributed by atoms with Crippen molar-refractivity contribution in [1.82, 2.24) is 0 Å². The molecule has 0 unspecified atom stereocenters. The molecule has 1 fully saturated rings. The minimum atomic E-state index is -2.50. The van der Waals surface area contributed by atoms with Crippen LogP contribution in [0.3, 0.4) is 0 Å². The number of amides is 1. The topological polar surface area (TPSA) is 101 Å². The van der Waals surface area contributed by atoms with Crippen molar-refractivity contribution >= 4 is 31.9 Å². The molecule has 1 aromatic carbocycles. The first-order valence-corrected chi connectivity index (χ1v) is 18.6. The third-order valence-electron chi connectivity index (χ3n) is 8.29. The van der Waals surface area contributed by atoms with Crippen LogP contribution >= 0.6 is 0 Å². The van der Waals surface area contributed by atoms with Gasteiger partial charge >= 0.3 is 12.1 Å². The van der Waals surface area contributed by atoms with Crippen LogP contribution in [-0.2, 0) is 23.7 Å². The van der Waals surface area contributed by atoms with Crippen LogP contribution in [0.1, 0.15) is 98.5 Å². The lowest BCUT2D eigenvalue weighted by atomic mass is 10.00. The molecule has 0 N–H and O–H groups in total. The smallest absolute Gasteiger partial charge is 0.414 e. The van der Waals surface area contributed by atoms with Gasteiger partial charge in [-0.15, -0.1) is 0 Å². The number of anilines is 1. The van der Waals surface area contributed by atoms with Crippen LogP contribution in [0.5, 0.6) is 5.75 Å². The maximum absolute atomic E-state index is 14.0. The molecule has 0 radical (unpaired) electrons. The molecule has 1 amide bonds. The van der Waals surface area contributed by atoms with Crippen LogP contribution in [0.2, 0.25) is 18.1 Å². The van der Waals surface area contributed by atoms with Crippen LogP contribution in [-0.4, -0.2) is 62.4 Å². The highest BCUT2D eigenvalue weighted by atomic mass is 28.4. The van der Waals surface area contributed by atoms with Crippen LogP contribution < -0.4 is 9.33 Å². The van der Waals surface area contributed by atoms with E-state index in [-0.39, 0.29) is 28.7 Å². The molecule has 3 rings (SSSR count). The first-order chi connectivity index (χ1) is 20.5. The van der Waals surface area contributed by atoms with E-state index in [0.29, 0.717) is 23.5 Å². The van der Waals surface area contributed by atoms with Crippen molar-refractivity contribution in [1.29, 1.82) is 0 Å². The number of nitrogens with zero attached hydrogens (tertiary/aromatic N) is 1. The summed E-state index contributed by atoms with van der Waals surface area (Å²) in [5.74, 6) is 4.48. The molecule has 1 aromatic rings. The van der Waals surface area contributed by atoms with E-state index in [1.54, 1.807) is 59.8 Å². The Kier molecular flexibility index (Phi) is 10.7. The summed E-state index contributed by atoms with van der Waals surface area (Å²) in [6.07, 6.45) is 0.807. The number of carbonyl (C=O) groups excluding carboxylic acids is 3. The fourth-order valence-corrected chi connectivity index (χ4v) is 5.63. The van der Waals surface area contributed by atoms with Crippen molar-refractivity contribution in [3.63, 3.8) is 0 Å². The van der Waals surface area contributed by atoms with E-state index in [4.69, 9.17) is 23.4 Å². The summed E-state index contributed by atoms with van der Waals surface area (Å²) in [5.41, 5.74) is 0.283. The van der Waals surface area contributed by atoms with Crippen molar-refractivity contribution in [2.45, 2.75) is 130 Å². The van der Waals surface area contributed by atoms with E-state index in [1.165, 1.54) is 11.0 Å². The van der Waals surface area contributed by atoms with E-state index < -0.39 is 50.1 Å². The Hall–Kier alpha value is -3.13. The lowest BCUT2D eigenvalue weighted by molar-refractivity contribution is -0.152. The van der Waals surface area contributed by atoms with Gasteiger partial charge < -0.3 is 23.4 Å². The highest BCUT2D eigenvalue weighted by molar-refractivity contribution is 6.74. The fraction of sp³-hybridized carbons (Fsp3) is 0.629. The second-order valence-corrected chi connectivity index (χ2v) is 19.5. The summed E-state index contributed by atoms with van der Waals surface area (Å²) in [5, 5.41) is -0.191. The van der Waals surface area contributed by atoms with Gasteiger partial charge in [-0.25, -0.2) is 9.59 Å². The molecule has 2 heterocycles. The number of carbonyl (C=O) groups is 3. The molecule has 0 bridgehead atoms. The summed E-state index contributed by atoms with van der Waals surface area (Å²) >= 11 is 0. The van der Waals surface area contributed by atoms with E-state index in [1.807, 2.05) is 13.8 Å². The lowest BCUT2D eigenvalue weighted by Gasteiger charge is -2.37. The summed E-state index contributed by atoms with van der Waals surface area (Å²) in [7, 11) is -2.50. The molecule has 248 valence electrons. The van der Waals surface area contributed by atoms with Crippen molar-refractivity contribution in [3.05, 3.63) is 35.4 Å². The second kappa shape index (κ2) is 13.3. The Balaban J connectivity index is 2.28. The molecule has 9 nitrogen and oxygen atoms in total. The number of ether oxygens (including phenoxy) is 4. The first kappa shape index (κ1) is 36.3. The van der Waals surface area contributed by atoms with Gasteiger partial charge in [0, 0.05) is 30.5 Å². The molecule has 0 spiro atoms. The molecule has 0 aliphatic carbocycles. The van der Waals surface area contributed by atoms with Gasteiger partial charge in [0.15, 0.2) is 17.7 Å². The zero-order valence-electron chi connectivity index (χ0n) is 29.2. The number of ketones is 1. The second-order valence-electron chi connectivity index (χ2n) is 14.8. The van der Waals surface area contributed by atoms with Gasteiger partial charge in [-0.3, -0.25) is 9.69 Å². The summed E-state index contributed by atoms with van der Waals surface area (Å²) in [4.78, 5) is 41.9. The molecule has 0 aromatic heterocycles. The largest absolute Gasteiger partial charge is 0.543 e. The maximum atomic E-state index is 14.0. The van der Waals surface area contributed by atoms with Gasteiger partial charge in [0.1, 0.15) is 29.1 Å². The molecule has 10 heteroatoms. The number of hydrogen-bond acceptors (Lipinski definition) is 8. The van der Waals surface area contributed by atoms with Crippen LogP contribution in [0.25, 0.3) is 0 Å². The normalized spacial score (nSPS) is 24.6. The first-order valence-electron chi connectivity index (χ1n) is 15.7. The minimum absolute atomic E-state index is 0.167. The number of rotatable bonds is 4. The third-order valence-corrected chi connectivity index (χ3v) is 12.6. The van der Waals surface area contributed by atoms with Crippen molar-refractivity contribution in [3.8, 4) is 17.6 Å². The van der Waals surface area contributed by atoms with Crippen LogP contribution in [0.15, 0.2) is 24.3 Å². The Morgan fingerprint density at radius 1 is 1.09 bits per heavy atom. The standard InChI is InChI=1S/C35H51NO8Si/c1-14-36(32(39)43-33(4,5)6)25-20-24-16-15-17-27-30(42-35(10,11)41-27)26(37)19-18-22(2)23(3)40-31(38)29(24)28(21-25)44-45(12,13)34(7,8)9/h18-23,27,30H,14,17H2,1-13H3/b19-18-/t22-,23+,27+,30-/m1/s1. The predicted octanol–water partition coefficient (Wildman–Crippen LogP) is 7.41. The zero-order chi connectivity index (χ0) is 34.1. The van der Waals surface area contributed by atoms with Gasteiger partial charge in [0.25, 0.3) is 8.32 Å². The van der Waals surface area contributed by atoms with Gasteiger partial charge in [-0.1, -0.05) is 45.6 Å². The molecule has 2 aliphatic heterocycles. The quantitative estimate of drug-likeness (QED) is 0.190. The highest BCUT2D eigenvalue weighted by Gasteiger charge is 2.44. The highest BCUT2D eigenvalue weighted by Crippen LogP contribution is 2.41. The molecule has 0 saturated carbocycles. The number of esters is 1. The number of hydrogen-bond donors (Lipinski definition) is 0. The van der Waals surface area contributed by atoms with Crippen LogP contribution in [0.4, 0.5) is 10.5 Å². The van der Waals surface area contributed by atoms with E-state index in [9.17, 15) is 14.4 Å². The predicted molar refractivity (Wildman–Crippen MR) is 177 cm³/mol. The summed E-state index contributed by atoms with van der Waals surface area (Å²) in [6, 6.07) is 3.39. The monoisotopic (exact) mass is 641 g/mol. The number of benzene rings is 1. The Morgan fingerprint density at radius 2 is 1.73 bits per heavy atom.